The highest BCUT2D eigenvalue weighted by Crippen LogP contribution is 2.30. The van der Waals surface area contributed by atoms with Gasteiger partial charge in [-0.3, -0.25) is 4.79 Å². The number of aryl methyl sites for hydroxylation is 1. The molecule has 0 fully saturated rings. The van der Waals surface area contributed by atoms with E-state index in [2.05, 4.69) is 20.9 Å². The van der Waals surface area contributed by atoms with Crippen LogP contribution in [0.25, 0.3) is 10.9 Å². The van der Waals surface area contributed by atoms with Gasteiger partial charge in [-0.1, -0.05) is 6.92 Å². The molecule has 1 heterocycles. The Kier molecular flexibility index (Phi) is 4.04. The van der Waals surface area contributed by atoms with Crippen molar-refractivity contribution in [2.45, 2.75) is 20.3 Å². The molecule has 0 amide bonds. The van der Waals surface area contributed by atoms with Gasteiger partial charge >= 0.3 is 5.97 Å². The largest absolute Gasteiger partial charge is 0.461 e. The summed E-state index contributed by atoms with van der Waals surface area (Å²) in [5.41, 5.74) is 2.39. The van der Waals surface area contributed by atoms with Gasteiger partial charge in [0, 0.05) is 9.86 Å². The van der Waals surface area contributed by atoms with Crippen LogP contribution in [0.2, 0.25) is 0 Å². The molecule has 0 unspecified atom stereocenters. The Morgan fingerprint density at radius 1 is 1.42 bits per heavy atom. The second-order valence-electron chi connectivity index (χ2n) is 4.11. The van der Waals surface area contributed by atoms with Gasteiger partial charge in [0.25, 0.3) is 0 Å². The van der Waals surface area contributed by atoms with E-state index in [0.717, 1.165) is 27.4 Å². The van der Waals surface area contributed by atoms with Gasteiger partial charge in [-0.05, 0) is 47.0 Å². The van der Waals surface area contributed by atoms with Gasteiger partial charge in [-0.15, -0.1) is 0 Å². The molecule has 2 rings (SSSR count). The van der Waals surface area contributed by atoms with Crippen LogP contribution in [0, 0.1) is 0 Å². The summed E-state index contributed by atoms with van der Waals surface area (Å²) >= 11 is 3.45. The van der Waals surface area contributed by atoms with Crippen LogP contribution in [0.15, 0.2) is 16.6 Å². The zero-order valence-electron chi connectivity index (χ0n) is 10.7. The van der Waals surface area contributed by atoms with E-state index in [1.165, 1.54) is 0 Å². The monoisotopic (exact) mass is 323 g/mol. The molecule has 2 aromatic rings. The van der Waals surface area contributed by atoms with Crippen LogP contribution >= 0.6 is 15.9 Å². The van der Waals surface area contributed by atoms with E-state index in [0.29, 0.717) is 11.8 Å². The van der Waals surface area contributed by atoms with E-state index in [-0.39, 0.29) is 12.3 Å². The summed E-state index contributed by atoms with van der Waals surface area (Å²) in [6.45, 7) is 4.03. The number of fused-ring (bicyclic) bond motifs is 1. The number of benzene rings is 1. The third kappa shape index (κ3) is 2.42. The highest BCUT2D eigenvalue weighted by atomic mass is 79.9. The Morgan fingerprint density at radius 2 is 2.16 bits per heavy atom. The van der Waals surface area contributed by atoms with Crippen LogP contribution < -0.4 is 0 Å². The molecule has 1 N–H and O–H groups in total. The topological polar surface area (TPSA) is 59.2 Å². The van der Waals surface area contributed by atoms with Gasteiger partial charge in [0.05, 0.1) is 17.7 Å². The van der Waals surface area contributed by atoms with Crippen LogP contribution in [0.1, 0.15) is 40.3 Å². The molecule has 0 bridgehead atoms. The second kappa shape index (κ2) is 5.57. The fourth-order valence-corrected chi connectivity index (χ4v) is 2.63. The lowest BCUT2D eigenvalue weighted by Gasteiger charge is -2.00. The number of esters is 1. The molecular formula is C14H14BrNO3. The summed E-state index contributed by atoms with van der Waals surface area (Å²) in [4.78, 5) is 26.1. The summed E-state index contributed by atoms with van der Waals surface area (Å²) in [6, 6.07) is 3.89. The number of aromatic nitrogens is 1. The zero-order chi connectivity index (χ0) is 14.0. The molecular weight excluding hydrogens is 310 g/mol. The fourth-order valence-electron chi connectivity index (χ4n) is 2.02. The van der Waals surface area contributed by atoms with E-state index in [1.54, 1.807) is 6.92 Å². The molecule has 1 aromatic carbocycles. The fraction of sp³-hybridized carbons (Fsp3) is 0.286. The molecule has 5 heteroatoms. The SMILES string of the molecule is CCOC(=O)c1[nH]c2c(Br)cc(CC)cc2c1C=O. The maximum absolute atomic E-state index is 11.8. The van der Waals surface area contributed by atoms with E-state index in [4.69, 9.17) is 4.74 Å². The molecule has 4 nitrogen and oxygen atoms in total. The molecule has 0 radical (unpaired) electrons. The second-order valence-corrected chi connectivity index (χ2v) is 4.96. The number of hydrogen-bond acceptors (Lipinski definition) is 3. The minimum absolute atomic E-state index is 0.209. The lowest BCUT2D eigenvalue weighted by molar-refractivity contribution is 0.0518. The predicted molar refractivity (Wildman–Crippen MR) is 76.7 cm³/mol. The van der Waals surface area contributed by atoms with Gasteiger partial charge in [-0.25, -0.2) is 4.79 Å². The van der Waals surface area contributed by atoms with Crippen LogP contribution in [0.5, 0.6) is 0 Å². The first-order chi connectivity index (χ1) is 9.12. The maximum Gasteiger partial charge on any atom is 0.355 e. The first kappa shape index (κ1) is 13.8. The summed E-state index contributed by atoms with van der Waals surface area (Å²) in [6.07, 6.45) is 1.55. The normalized spacial score (nSPS) is 10.7. The Balaban J connectivity index is 2.70. The Hall–Kier alpha value is -1.62. The molecule has 100 valence electrons. The minimum Gasteiger partial charge on any atom is -0.461 e. The average Bonchev–Trinajstić information content (AvgIpc) is 2.77. The number of nitrogens with one attached hydrogen (secondary N) is 1. The number of carbonyl (C=O) groups excluding carboxylic acids is 2. The first-order valence-electron chi connectivity index (χ1n) is 6.08. The molecule has 0 saturated carbocycles. The van der Waals surface area contributed by atoms with E-state index >= 15 is 0 Å². The summed E-state index contributed by atoms with van der Waals surface area (Å²) in [5, 5.41) is 0.740. The quantitative estimate of drug-likeness (QED) is 0.692. The number of aldehydes is 1. The van der Waals surface area contributed by atoms with E-state index in [1.807, 2.05) is 19.1 Å². The van der Waals surface area contributed by atoms with Gasteiger partial charge in [-0.2, -0.15) is 0 Å². The molecule has 0 aliphatic rings. The van der Waals surface area contributed by atoms with Gasteiger partial charge < -0.3 is 9.72 Å². The lowest BCUT2D eigenvalue weighted by Crippen LogP contribution is -2.07. The third-order valence-corrected chi connectivity index (χ3v) is 3.59. The number of H-pyrrole nitrogens is 1. The Labute approximate surface area is 119 Å². The number of aromatic amines is 1. The lowest BCUT2D eigenvalue weighted by atomic mass is 10.1. The van der Waals surface area contributed by atoms with Crippen LogP contribution in [-0.2, 0) is 11.2 Å². The van der Waals surface area contributed by atoms with Crippen LogP contribution in [0.3, 0.4) is 0 Å². The maximum atomic E-state index is 11.8. The van der Waals surface area contributed by atoms with Crippen LogP contribution in [-0.4, -0.2) is 23.8 Å². The number of hydrogen-bond donors (Lipinski definition) is 1. The van der Waals surface area contributed by atoms with Gasteiger partial charge in [0.2, 0.25) is 0 Å². The predicted octanol–water partition coefficient (Wildman–Crippen LogP) is 3.48. The van der Waals surface area contributed by atoms with Crippen molar-refractivity contribution >= 4 is 39.1 Å². The summed E-state index contributed by atoms with van der Waals surface area (Å²) < 4.78 is 5.79. The standard InChI is InChI=1S/C14H14BrNO3/c1-3-8-5-9-10(7-17)13(14(18)19-4-2)16-12(9)11(15)6-8/h5-7,16H,3-4H2,1-2H3. The molecule has 0 aliphatic carbocycles. The number of halogens is 1. The highest BCUT2D eigenvalue weighted by Gasteiger charge is 2.20. The molecule has 0 aliphatic heterocycles. The van der Waals surface area contributed by atoms with E-state index < -0.39 is 5.97 Å². The molecule has 1 aromatic heterocycles. The van der Waals surface area contributed by atoms with Crippen molar-refractivity contribution in [3.63, 3.8) is 0 Å². The Morgan fingerprint density at radius 3 is 2.74 bits per heavy atom. The average molecular weight is 324 g/mol. The van der Waals surface area contributed by atoms with Crippen molar-refractivity contribution in [1.29, 1.82) is 0 Å². The number of rotatable bonds is 4. The van der Waals surface area contributed by atoms with Crippen molar-refractivity contribution in [2.24, 2.45) is 0 Å². The molecule has 0 atom stereocenters. The van der Waals surface area contributed by atoms with Gasteiger partial charge in [0.15, 0.2) is 6.29 Å². The molecule has 19 heavy (non-hydrogen) atoms. The minimum atomic E-state index is -0.509. The number of carbonyl (C=O) groups is 2. The van der Waals surface area contributed by atoms with Crippen molar-refractivity contribution in [1.82, 2.24) is 4.98 Å². The molecule has 0 saturated heterocycles. The smallest absolute Gasteiger partial charge is 0.355 e. The zero-order valence-corrected chi connectivity index (χ0v) is 12.3. The molecule has 0 spiro atoms. The van der Waals surface area contributed by atoms with Crippen molar-refractivity contribution < 1.29 is 14.3 Å². The summed E-state index contributed by atoms with van der Waals surface area (Å²) in [7, 11) is 0. The third-order valence-electron chi connectivity index (χ3n) is 2.97. The summed E-state index contributed by atoms with van der Waals surface area (Å²) in [5.74, 6) is -0.509. The highest BCUT2D eigenvalue weighted by molar-refractivity contribution is 9.10. The van der Waals surface area contributed by atoms with Gasteiger partial charge in [0.1, 0.15) is 5.69 Å². The van der Waals surface area contributed by atoms with Crippen LogP contribution in [0.4, 0.5) is 0 Å². The van der Waals surface area contributed by atoms with Crippen molar-refractivity contribution in [3.05, 3.63) is 33.4 Å². The van der Waals surface area contributed by atoms with Crippen molar-refractivity contribution in [2.75, 3.05) is 6.61 Å². The van der Waals surface area contributed by atoms with Crippen molar-refractivity contribution in [3.8, 4) is 0 Å². The van der Waals surface area contributed by atoms with E-state index in [9.17, 15) is 9.59 Å². The first-order valence-corrected chi connectivity index (χ1v) is 6.88. The Bertz CT molecular complexity index is 646. The number of ether oxygens (including phenoxy) is 1.